The summed E-state index contributed by atoms with van der Waals surface area (Å²) in [5.74, 6) is -1.07. The van der Waals surface area contributed by atoms with Gasteiger partial charge in [-0.25, -0.2) is 17.1 Å². The highest BCUT2D eigenvalue weighted by Crippen LogP contribution is 2.26. The van der Waals surface area contributed by atoms with Gasteiger partial charge in [0.25, 0.3) is 0 Å². The first-order valence-electron chi connectivity index (χ1n) is 5.91. The Morgan fingerprint density at radius 3 is 2.65 bits per heavy atom. The summed E-state index contributed by atoms with van der Waals surface area (Å²) in [6, 6.07) is 3.69. The van der Waals surface area contributed by atoms with Crippen LogP contribution in [0.25, 0.3) is 0 Å². The third-order valence-electron chi connectivity index (χ3n) is 2.74. The van der Waals surface area contributed by atoms with E-state index in [4.69, 9.17) is 11.6 Å². The highest BCUT2D eigenvalue weighted by Gasteiger charge is 2.26. The van der Waals surface area contributed by atoms with Crippen molar-refractivity contribution in [1.29, 1.82) is 0 Å². The first-order valence-corrected chi connectivity index (χ1v) is 7.73. The molecule has 20 heavy (non-hydrogen) atoms. The van der Waals surface area contributed by atoms with E-state index in [0.717, 1.165) is 10.4 Å². The number of hydrogen-bond donors (Lipinski definition) is 1. The number of carbonyl (C=O) groups is 1. The molecule has 0 aliphatic rings. The van der Waals surface area contributed by atoms with Crippen LogP contribution in [0.3, 0.4) is 0 Å². The van der Waals surface area contributed by atoms with Crippen molar-refractivity contribution in [3.05, 3.63) is 29.0 Å². The highest BCUT2D eigenvalue weighted by molar-refractivity contribution is 7.89. The zero-order valence-corrected chi connectivity index (χ0v) is 12.8. The topological polar surface area (TPSA) is 66.5 Å². The van der Waals surface area contributed by atoms with Gasteiger partial charge in [-0.1, -0.05) is 17.7 Å². The molecule has 0 aliphatic heterocycles. The molecule has 112 valence electrons. The molecule has 0 bridgehead atoms. The van der Waals surface area contributed by atoms with Crippen molar-refractivity contribution in [3.63, 3.8) is 0 Å². The third-order valence-corrected chi connectivity index (χ3v) is 5.10. The fraction of sp³-hybridized carbons (Fsp3) is 0.417. The molecule has 0 aromatic heterocycles. The van der Waals surface area contributed by atoms with Crippen LogP contribution in [-0.4, -0.2) is 39.3 Å². The van der Waals surface area contributed by atoms with Crippen molar-refractivity contribution in [2.45, 2.75) is 17.7 Å². The van der Waals surface area contributed by atoms with Gasteiger partial charge in [0.2, 0.25) is 15.9 Å². The summed E-state index contributed by atoms with van der Waals surface area (Å²) in [6.07, 6.45) is 0.531. The van der Waals surface area contributed by atoms with Gasteiger partial charge in [-0.15, -0.1) is 0 Å². The van der Waals surface area contributed by atoms with Crippen LogP contribution in [0.1, 0.15) is 12.8 Å². The molecular formula is C12H16ClFN2O3S. The van der Waals surface area contributed by atoms with Crippen molar-refractivity contribution in [2.24, 2.45) is 0 Å². The molecule has 1 aromatic rings. The van der Waals surface area contributed by atoms with E-state index in [-0.39, 0.29) is 23.9 Å². The van der Waals surface area contributed by atoms with E-state index in [1.807, 2.05) is 0 Å². The monoisotopic (exact) mass is 322 g/mol. The fourth-order valence-corrected chi connectivity index (χ4v) is 3.36. The standard InChI is InChI=1S/C12H16ClFN2O3S/c1-15-11(17)7-4-8-16(2)20(18,19)12-9(13)5-3-6-10(12)14/h3,5-6H,4,7-8H2,1-2H3,(H,15,17). The second-order valence-corrected chi connectivity index (χ2v) is 6.54. The minimum Gasteiger partial charge on any atom is -0.359 e. The largest absolute Gasteiger partial charge is 0.359 e. The van der Waals surface area contributed by atoms with Gasteiger partial charge in [-0.05, 0) is 18.6 Å². The van der Waals surface area contributed by atoms with E-state index < -0.39 is 20.7 Å². The number of amides is 1. The molecule has 0 saturated heterocycles. The molecule has 1 aromatic carbocycles. The lowest BCUT2D eigenvalue weighted by molar-refractivity contribution is -0.120. The predicted octanol–water partition coefficient (Wildman–Crippen LogP) is 1.63. The number of carbonyl (C=O) groups excluding carboxylic acids is 1. The summed E-state index contributed by atoms with van der Waals surface area (Å²) >= 11 is 5.76. The quantitative estimate of drug-likeness (QED) is 0.865. The summed E-state index contributed by atoms with van der Waals surface area (Å²) in [6.45, 7) is 0.0976. The van der Waals surface area contributed by atoms with E-state index in [1.54, 1.807) is 0 Å². The van der Waals surface area contributed by atoms with Crippen LogP contribution in [0.5, 0.6) is 0 Å². The van der Waals surface area contributed by atoms with Crippen LogP contribution in [0, 0.1) is 5.82 Å². The molecule has 0 radical (unpaired) electrons. The Hall–Kier alpha value is -1.18. The molecular weight excluding hydrogens is 307 g/mol. The molecule has 1 rings (SSSR count). The van der Waals surface area contributed by atoms with E-state index in [0.29, 0.717) is 6.42 Å². The SMILES string of the molecule is CNC(=O)CCCN(C)S(=O)(=O)c1c(F)cccc1Cl. The fourth-order valence-electron chi connectivity index (χ4n) is 1.59. The maximum atomic E-state index is 13.7. The van der Waals surface area contributed by atoms with Crippen LogP contribution in [0.15, 0.2) is 23.1 Å². The van der Waals surface area contributed by atoms with E-state index in [2.05, 4.69) is 5.32 Å². The van der Waals surface area contributed by atoms with Crippen LogP contribution < -0.4 is 5.32 Å². The second-order valence-electron chi connectivity index (χ2n) is 4.15. The maximum absolute atomic E-state index is 13.7. The Labute approximate surface area is 122 Å². The number of hydrogen-bond acceptors (Lipinski definition) is 3. The smallest absolute Gasteiger partial charge is 0.247 e. The zero-order chi connectivity index (χ0) is 15.3. The molecule has 0 heterocycles. The van der Waals surface area contributed by atoms with Gasteiger partial charge >= 0.3 is 0 Å². The lowest BCUT2D eigenvalue weighted by Gasteiger charge is -2.18. The van der Waals surface area contributed by atoms with Crippen LogP contribution in [0.4, 0.5) is 4.39 Å². The van der Waals surface area contributed by atoms with Crippen molar-refractivity contribution in [2.75, 3.05) is 20.6 Å². The van der Waals surface area contributed by atoms with Gasteiger partial charge in [-0.3, -0.25) is 4.79 Å². The molecule has 5 nitrogen and oxygen atoms in total. The Kier molecular flexibility index (Phi) is 5.91. The molecule has 0 fully saturated rings. The minimum atomic E-state index is -4.01. The number of benzene rings is 1. The van der Waals surface area contributed by atoms with Crippen molar-refractivity contribution in [1.82, 2.24) is 9.62 Å². The summed E-state index contributed by atoms with van der Waals surface area (Å²) in [7, 11) is -1.19. The highest BCUT2D eigenvalue weighted by atomic mass is 35.5. The summed E-state index contributed by atoms with van der Waals surface area (Å²) in [5.41, 5.74) is 0. The van der Waals surface area contributed by atoms with Gasteiger partial charge in [0, 0.05) is 27.1 Å². The van der Waals surface area contributed by atoms with Gasteiger partial charge in [0.05, 0.1) is 5.02 Å². The average Bonchev–Trinajstić information content (AvgIpc) is 2.37. The molecule has 0 atom stereocenters. The molecule has 1 amide bonds. The number of rotatable bonds is 6. The number of nitrogens with zero attached hydrogens (tertiary/aromatic N) is 1. The number of halogens is 2. The normalized spacial score (nSPS) is 11.7. The van der Waals surface area contributed by atoms with Crippen molar-refractivity contribution >= 4 is 27.5 Å². The van der Waals surface area contributed by atoms with Crippen LogP contribution >= 0.6 is 11.6 Å². The van der Waals surface area contributed by atoms with E-state index in [9.17, 15) is 17.6 Å². The molecule has 0 saturated carbocycles. The Bertz CT molecular complexity index is 572. The minimum absolute atomic E-state index is 0.0976. The van der Waals surface area contributed by atoms with Gasteiger partial charge in [0.1, 0.15) is 10.7 Å². The Morgan fingerprint density at radius 1 is 1.45 bits per heavy atom. The average molecular weight is 323 g/mol. The van der Waals surface area contributed by atoms with Gasteiger partial charge in [-0.2, -0.15) is 0 Å². The molecule has 0 aliphatic carbocycles. The van der Waals surface area contributed by atoms with Crippen molar-refractivity contribution < 1.29 is 17.6 Å². The second kappa shape index (κ2) is 7.01. The van der Waals surface area contributed by atoms with Crippen molar-refractivity contribution in [3.8, 4) is 0 Å². The molecule has 0 spiro atoms. The Balaban J connectivity index is 2.86. The van der Waals surface area contributed by atoms with E-state index >= 15 is 0 Å². The van der Waals surface area contributed by atoms with Gasteiger partial charge < -0.3 is 5.32 Å². The molecule has 0 unspecified atom stereocenters. The van der Waals surface area contributed by atoms with Crippen LogP contribution in [-0.2, 0) is 14.8 Å². The summed E-state index contributed by atoms with van der Waals surface area (Å²) < 4.78 is 39.1. The summed E-state index contributed by atoms with van der Waals surface area (Å²) in [5, 5.41) is 2.28. The Morgan fingerprint density at radius 2 is 2.10 bits per heavy atom. The van der Waals surface area contributed by atoms with E-state index in [1.165, 1.54) is 26.2 Å². The number of sulfonamides is 1. The predicted molar refractivity (Wildman–Crippen MR) is 74.5 cm³/mol. The third kappa shape index (κ3) is 3.91. The first kappa shape index (κ1) is 16.9. The molecule has 8 heteroatoms. The van der Waals surface area contributed by atoms with Gasteiger partial charge in [0.15, 0.2) is 0 Å². The molecule has 1 N–H and O–H groups in total. The summed E-state index contributed by atoms with van der Waals surface area (Å²) in [4.78, 5) is 10.5. The number of nitrogens with one attached hydrogen (secondary N) is 1. The van der Waals surface area contributed by atoms with Crippen LogP contribution in [0.2, 0.25) is 5.02 Å². The maximum Gasteiger partial charge on any atom is 0.247 e. The first-order chi connectivity index (χ1) is 9.30. The lowest BCUT2D eigenvalue weighted by Crippen LogP contribution is -2.30. The lowest BCUT2D eigenvalue weighted by atomic mass is 10.3. The zero-order valence-electron chi connectivity index (χ0n) is 11.2.